The summed E-state index contributed by atoms with van der Waals surface area (Å²) in [7, 11) is 0. The Morgan fingerprint density at radius 1 is 1.14 bits per heavy atom. The second-order valence-corrected chi connectivity index (χ2v) is 5.84. The maximum Gasteiger partial charge on any atom is 0.156 e. The molecule has 0 aliphatic heterocycles. The van der Waals surface area contributed by atoms with Crippen LogP contribution in [0.15, 0.2) is 48.1 Å². The van der Waals surface area contributed by atoms with Gasteiger partial charge in [-0.3, -0.25) is 9.59 Å². The largest absolute Gasteiger partial charge is 0.295 e. The SMILES string of the molecule is CCCCCC(=O)/C=C(/C1=CC(=O)CCC1)c1ccccc1. The van der Waals surface area contributed by atoms with Crippen LogP contribution >= 0.6 is 0 Å². The number of carbonyl (C=O) groups is 2. The summed E-state index contributed by atoms with van der Waals surface area (Å²) in [6.45, 7) is 2.13. The second kappa shape index (κ2) is 8.47. The van der Waals surface area contributed by atoms with Gasteiger partial charge < -0.3 is 0 Å². The molecule has 0 unspecified atom stereocenters. The van der Waals surface area contributed by atoms with E-state index in [1.54, 1.807) is 12.2 Å². The molecule has 1 aliphatic carbocycles. The van der Waals surface area contributed by atoms with Gasteiger partial charge in [-0.15, -0.1) is 0 Å². The number of hydrogen-bond donors (Lipinski definition) is 0. The van der Waals surface area contributed by atoms with Gasteiger partial charge in [-0.1, -0.05) is 50.1 Å². The van der Waals surface area contributed by atoms with Gasteiger partial charge in [-0.2, -0.15) is 0 Å². The van der Waals surface area contributed by atoms with E-state index in [-0.39, 0.29) is 11.6 Å². The summed E-state index contributed by atoms with van der Waals surface area (Å²) in [6.07, 6.45) is 9.56. The predicted octanol–water partition coefficient (Wildman–Crippen LogP) is 4.90. The third-order valence-corrected chi connectivity index (χ3v) is 3.97. The predicted molar refractivity (Wildman–Crippen MR) is 90.5 cm³/mol. The van der Waals surface area contributed by atoms with Gasteiger partial charge in [-0.25, -0.2) is 0 Å². The Balaban J connectivity index is 2.26. The quantitative estimate of drug-likeness (QED) is 0.530. The number of ketones is 2. The first-order chi connectivity index (χ1) is 10.7. The van der Waals surface area contributed by atoms with Crippen LogP contribution in [0.2, 0.25) is 0 Å². The lowest BCUT2D eigenvalue weighted by atomic mass is 9.88. The fraction of sp³-hybridized carbons (Fsp3) is 0.400. The summed E-state index contributed by atoms with van der Waals surface area (Å²) in [4.78, 5) is 24.0. The molecular weight excluding hydrogens is 272 g/mol. The summed E-state index contributed by atoms with van der Waals surface area (Å²) < 4.78 is 0. The highest BCUT2D eigenvalue weighted by atomic mass is 16.1. The Bertz CT molecular complexity index is 579. The number of allylic oxidation sites excluding steroid dienone is 4. The van der Waals surface area contributed by atoms with Crippen molar-refractivity contribution in [2.24, 2.45) is 0 Å². The average molecular weight is 296 g/mol. The first-order valence-corrected chi connectivity index (χ1v) is 8.24. The van der Waals surface area contributed by atoms with Gasteiger partial charge in [0.1, 0.15) is 0 Å². The molecule has 0 radical (unpaired) electrons. The normalized spacial score (nSPS) is 15.6. The smallest absolute Gasteiger partial charge is 0.156 e. The molecule has 2 nitrogen and oxygen atoms in total. The topological polar surface area (TPSA) is 34.1 Å². The van der Waals surface area contributed by atoms with Gasteiger partial charge in [0, 0.05) is 12.8 Å². The van der Waals surface area contributed by atoms with Crippen molar-refractivity contribution < 1.29 is 9.59 Å². The van der Waals surface area contributed by atoms with E-state index < -0.39 is 0 Å². The molecule has 0 amide bonds. The molecule has 0 fully saturated rings. The average Bonchev–Trinajstić information content (AvgIpc) is 2.54. The van der Waals surface area contributed by atoms with E-state index in [0.717, 1.165) is 48.8 Å². The highest BCUT2D eigenvalue weighted by Gasteiger charge is 2.16. The zero-order chi connectivity index (χ0) is 15.8. The second-order valence-electron chi connectivity index (χ2n) is 5.84. The lowest BCUT2D eigenvalue weighted by Crippen LogP contribution is -2.05. The maximum absolute atomic E-state index is 12.2. The van der Waals surface area contributed by atoms with Gasteiger partial charge >= 0.3 is 0 Å². The minimum Gasteiger partial charge on any atom is -0.295 e. The molecule has 0 N–H and O–H groups in total. The van der Waals surface area contributed by atoms with Crippen LogP contribution < -0.4 is 0 Å². The molecular formula is C20H24O2. The fourth-order valence-electron chi connectivity index (χ4n) is 2.77. The van der Waals surface area contributed by atoms with Gasteiger partial charge in [0.25, 0.3) is 0 Å². The van der Waals surface area contributed by atoms with Crippen molar-refractivity contribution >= 4 is 17.1 Å². The molecule has 0 saturated carbocycles. The van der Waals surface area contributed by atoms with Crippen LogP contribution in [-0.4, -0.2) is 11.6 Å². The molecule has 0 spiro atoms. The van der Waals surface area contributed by atoms with Gasteiger partial charge in [0.15, 0.2) is 11.6 Å². The molecule has 1 aromatic rings. The first kappa shape index (κ1) is 16.4. The molecule has 22 heavy (non-hydrogen) atoms. The van der Waals surface area contributed by atoms with Crippen LogP contribution in [0, 0.1) is 0 Å². The van der Waals surface area contributed by atoms with Crippen molar-refractivity contribution in [2.45, 2.75) is 51.9 Å². The van der Waals surface area contributed by atoms with Crippen LogP contribution in [0.1, 0.15) is 57.4 Å². The Labute approximate surface area is 132 Å². The monoisotopic (exact) mass is 296 g/mol. The van der Waals surface area contributed by atoms with E-state index in [4.69, 9.17) is 0 Å². The standard InChI is InChI=1S/C20H24O2/c1-2-3-5-12-19(22)15-20(16-9-6-4-7-10-16)17-11-8-13-18(21)14-17/h4,6-7,9-10,14-15H,2-3,5,8,11-13H2,1H3/b20-15+. The summed E-state index contributed by atoms with van der Waals surface area (Å²) in [5.41, 5.74) is 2.95. The fourth-order valence-corrected chi connectivity index (χ4v) is 2.77. The molecule has 116 valence electrons. The van der Waals surface area contributed by atoms with E-state index in [1.807, 2.05) is 30.3 Å². The van der Waals surface area contributed by atoms with Crippen molar-refractivity contribution in [3.8, 4) is 0 Å². The van der Waals surface area contributed by atoms with Crippen molar-refractivity contribution in [3.05, 3.63) is 53.6 Å². The molecule has 2 heteroatoms. The summed E-state index contributed by atoms with van der Waals surface area (Å²) in [6, 6.07) is 9.91. The first-order valence-electron chi connectivity index (χ1n) is 8.24. The Kier molecular flexibility index (Phi) is 6.32. The van der Waals surface area contributed by atoms with Gasteiger partial charge in [0.2, 0.25) is 0 Å². The van der Waals surface area contributed by atoms with E-state index >= 15 is 0 Å². The summed E-state index contributed by atoms with van der Waals surface area (Å²) in [5.74, 6) is 0.327. The summed E-state index contributed by atoms with van der Waals surface area (Å²) >= 11 is 0. The van der Waals surface area contributed by atoms with Crippen molar-refractivity contribution in [2.75, 3.05) is 0 Å². The minimum absolute atomic E-state index is 0.159. The molecule has 0 saturated heterocycles. The van der Waals surface area contributed by atoms with E-state index in [2.05, 4.69) is 6.92 Å². The maximum atomic E-state index is 12.2. The number of benzene rings is 1. The lowest BCUT2D eigenvalue weighted by molar-refractivity contribution is -0.115. The van der Waals surface area contributed by atoms with Gasteiger partial charge in [0.05, 0.1) is 0 Å². The Morgan fingerprint density at radius 3 is 2.59 bits per heavy atom. The van der Waals surface area contributed by atoms with Crippen molar-refractivity contribution in [1.82, 2.24) is 0 Å². The highest BCUT2D eigenvalue weighted by Crippen LogP contribution is 2.30. The molecule has 1 aliphatic rings. The zero-order valence-corrected chi connectivity index (χ0v) is 13.3. The molecule has 0 atom stereocenters. The van der Waals surface area contributed by atoms with Crippen LogP contribution in [0.3, 0.4) is 0 Å². The van der Waals surface area contributed by atoms with E-state index in [1.165, 1.54) is 0 Å². The third-order valence-electron chi connectivity index (χ3n) is 3.97. The van der Waals surface area contributed by atoms with Crippen molar-refractivity contribution in [1.29, 1.82) is 0 Å². The lowest BCUT2D eigenvalue weighted by Gasteiger charge is -2.16. The molecule has 0 bridgehead atoms. The van der Waals surface area contributed by atoms with Crippen LogP contribution in [0.25, 0.3) is 5.57 Å². The van der Waals surface area contributed by atoms with Crippen LogP contribution in [-0.2, 0) is 9.59 Å². The highest BCUT2D eigenvalue weighted by molar-refractivity contribution is 6.03. The van der Waals surface area contributed by atoms with Crippen LogP contribution in [0.5, 0.6) is 0 Å². The number of unbranched alkanes of at least 4 members (excludes halogenated alkanes) is 2. The molecule has 1 aromatic carbocycles. The van der Waals surface area contributed by atoms with E-state index in [9.17, 15) is 9.59 Å². The number of hydrogen-bond acceptors (Lipinski definition) is 2. The van der Waals surface area contributed by atoms with Gasteiger partial charge in [-0.05, 0) is 48.1 Å². The van der Waals surface area contributed by atoms with E-state index in [0.29, 0.717) is 12.8 Å². The zero-order valence-electron chi connectivity index (χ0n) is 13.3. The Morgan fingerprint density at radius 2 is 1.91 bits per heavy atom. The van der Waals surface area contributed by atoms with Crippen LogP contribution in [0.4, 0.5) is 0 Å². The van der Waals surface area contributed by atoms with Crippen molar-refractivity contribution in [3.63, 3.8) is 0 Å². The third kappa shape index (κ3) is 4.80. The summed E-state index contributed by atoms with van der Waals surface area (Å²) in [5, 5.41) is 0. The Hall–Kier alpha value is -1.96. The number of rotatable bonds is 7. The minimum atomic E-state index is 0.159. The molecule has 0 aromatic heterocycles. The molecule has 0 heterocycles. The number of carbonyl (C=O) groups excluding carboxylic acids is 2. The molecule has 2 rings (SSSR count).